The van der Waals surface area contributed by atoms with Crippen molar-refractivity contribution < 1.29 is 9.05 Å². The molecule has 0 aliphatic rings. The second kappa shape index (κ2) is 20.8. The van der Waals surface area contributed by atoms with Crippen LogP contribution < -0.4 is 5.50 Å². The van der Waals surface area contributed by atoms with Crippen LogP contribution in [0.3, 0.4) is 0 Å². The molecule has 24 heavy (non-hydrogen) atoms. The van der Waals surface area contributed by atoms with Crippen LogP contribution in [-0.4, -0.2) is 13.2 Å². The third-order valence-corrected chi connectivity index (χ3v) is 4.86. The van der Waals surface area contributed by atoms with Crippen molar-refractivity contribution in [2.24, 2.45) is 17.3 Å². The van der Waals surface area contributed by atoms with Gasteiger partial charge in [-0.05, 0) is 18.3 Å². The van der Waals surface area contributed by atoms with Crippen molar-refractivity contribution in [2.75, 3.05) is 13.2 Å². The van der Waals surface area contributed by atoms with E-state index in [2.05, 4.69) is 34.6 Å². The van der Waals surface area contributed by atoms with Gasteiger partial charge in [-0.25, -0.2) is 0 Å². The lowest BCUT2D eigenvalue weighted by Gasteiger charge is -2.10. The Hall–Kier alpha value is -0.200. The molecule has 0 aromatic heterocycles. The lowest BCUT2D eigenvalue weighted by atomic mass is 10.0. The van der Waals surface area contributed by atoms with Gasteiger partial charge in [-0.3, -0.25) is 5.50 Å². The number of hydrogen-bond donors (Lipinski definition) is 1. The quantitative estimate of drug-likeness (QED) is 0.281. The van der Waals surface area contributed by atoms with Gasteiger partial charge in [0.1, 0.15) is 0 Å². The van der Waals surface area contributed by atoms with E-state index in [4.69, 9.17) is 19.8 Å². The molecule has 0 amide bonds. The third-order valence-electron chi connectivity index (χ3n) is 3.98. The number of nitriles is 1. The zero-order chi connectivity index (χ0) is 18.6. The van der Waals surface area contributed by atoms with Crippen LogP contribution in [0.4, 0.5) is 0 Å². The number of nitrogens with two attached hydrogens (primary N) is 1. The molecular formula is C19H41N2O2P. The van der Waals surface area contributed by atoms with Crippen molar-refractivity contribution in [3.8, 4) is 6.07 Å². The molecular weight excluding hydrogens is 319 g/mol. The zero-order valence-corrected chi connectivity index (χ0v) is 17.6. The first-order chi connectivity index (χ1) is 11.5. The Morgan fingerprint density at radius 3 is 1.75 bits per heavy atom. The summed E-state index contributed by atoms with van der Waals surface area (Å²) in [5, 5.41) is 8.33. The van der Waals surface area contributed by atoms with Crippen LogP contribution in [0.2, 0.25) is 0 Å². The monoisotopic (exact) mass is 360 g/mol. The topological polar surface area (TPSA) is 68.3 Å². The average Bonchev–Trinajstić information content (AvgIpc) is 2.54. The summed E-state index contributed by atoms with van der Waals surface area (Å²) >= 11 is 0. The lowest BCUT2D eigenvalue weighted by Crippen LogP contribution is -2.01. The minimum atomic E-state index is -1.28. The van der Waals surface area contributed by atoms with E-state index in [0.29, 0.717) is 19.6 Å². The van der Waals surface area contributed by atoms with Crippen molar-refractivity contribution >= 4 is 8.53 Å². The standard InChI is InChI=1S/C13H27N2O2P.C6H14/c1-2-3-4-5-6-7-8-9-12-16-18(15)17-13-10-11-14;1-5(2)6(3)4/h2-10,12-13,15H2,1H3;5-6H,1-4H3. The Kier molecular flexibility index (Phi) is 22.6. The molecule has 0 fully saturated rings. The van der Waals surface area contributed by atoms with Crippen LogP contribution in [0, 0.1) is 23.2 Å². The van der Waals surface area contributed by atoms with Gasteiger partial charge in [-0.1, -0.05) is 79.6 Å². The Balaban J connectivity index is 0. The number of unbranched alkanes of at least 4 members (excludes halogenated alkanes) is 7. The van der Waals surface area contributed by atoms with E-state index in [0.717, 1.165) is 18.3 Å². The van der Waals surface area contributed by atoms with Gasteiger partial charge in [0.2, 0.25) is 0 Å². The largest absolute Gasteiger partial charge is 0.322 e. The van der Waals surface area contributed by atoms with Crippen LogP contribution in [-0.2, 0) is 9.05 Å². The fraction of sp³-hybridized carbons (Fsp3) is 0.947. The van der Waals surface area contributed by atoms with E-state index in [1.807, 2.05) is 6.07 Å². The maximum absolute atomic E-state index is 8.33. The summed E-state index contributed by atoms with van der Waals surface area (Å²) in [5.41, 5.74) is 5.62. The Labute approximate surface area is 152 Å². The second-order valence-electron chi connectivity index (χ2n) is 6.82. The molecule has 0 radical (unpaired) electrons. The predicted molar refractivity (Wildman–Crippen MR) is 106 cm³/mol. The molecule has 0 heterocycles. The summed E-state index contributed by atoms with van der Waals surface area (Å²) in [7, 11) is -1.28. The second-order valence-corrected chi connectivity index (χ2v) is 7.91. The van der Waals surface area contributed by atoms with Gasteiger partial charge in [-0.15, -0.1) is 0 Å². The Morgan fingerprint density at radius 1 is 0.833 bits per heavy atom. The highest BCUT2D eigenvalue weighted by Crippen LogP contribution is 2.28. The molecule has 0 aromatic carbocycles. The lowest BCUT2D eigenvalue weighted by molar-refractivity contribution is 0.248. The summed E-state index contributed by atoms with van der Waals surface area (Å²) in [5.74, 6) is 1.70. The van der Waals surface area contributed by atoms with Gasteiger partial charge in [0.05, 0.1) is 25.7 Å². The molecule has 0 saturated heterocycles. The molecule has 0 aliphatic heterocycles. The maximum Gasteiger partial charge on any atom is 0.252 e. The highest BCUT2D eigenvalue weighted by atomic mass is 31.2. The average molecular weight is 361 g/mol. The first kappa shape index (κ1) is 26.0. The molecule has 0 spiro atoms. The third kappa shape index (κ3) is 24.1. The Morgan fingerprint density at radius 2 is 1.29 bits per heavy atom. The predicted octanol–water partition coefficient (Wildman–Crippen LogP) is 6.56. The van der Waals surface area contributed by atoms with Gasteiger partial charge in [0, 0.05) is 0 Å². The van der Waals surface area contributed by atoms with Gasteiger partial charge in [0.25, 0.3) is 8.53 Å². The van der Waals surface area contributed by atoms with Crippen molar-refractivity contribution in [2.45, 2.75) is 92.4 Å². The molecule has 1 unspecified atom stereocenters. The van der Waals surface area contributed by atoms with E-state index >= 15 is 0 Å². The van der Waals surface area contributed by atoms with Gasteiger partial charge in [0.15, 0.2) is 0 Å². The van der Waals surface area contributed by atoms with E-state index in [1.54, 1.807) is 0 Å². The normalized spacial score (nSPS) is 12.0. The van der Waals surface area contributed by atoms with E-state index in [-0.39, 0.29) is 0 Å². The highest BCUT2D eigenvalue weighted by Gasteiger charge is 2.03. The number of rotatable bonds is 14. The summed E-state index contributed by atoms with van der Waals surface area (Å²) < 4.78 is 10.5. The van der Waals surface area contributed by atoms with E-state index in [1.165, 1.54) is 44.9 Å². The van der Waals surface area contributed by atoms with Crippen LogP contribution >= 0.6 is 8.53 Å². The minimum absolute atomic E-state index is 0.371. The van der Waals surface area contributed by atoms with Crippen LogP contribution in [0.5, 0.6) is 0 Å². The molecule has 0 bridgehead atoms. The summed E-state index contributed by atoms with van der Waals surface area (Å²) in [4.78, 5) is 0. The maximum atomic E-state index is 8.33. The number of nitrogens with zero attached hydrogens (tertiary/aromatic N) is 1. The van der Waals surface area contributed by atoms with Crippen LogP contribution in [0.15, 0.2) is 0 Å². The summed E-state index contributed by atoms with van der Waals surface area (Å²) in [6.07, 6.45) is 10.6. The van der Waals surface area contributed by atoms with Crippen LogP contribution in [0.25, 0.3) is 0 Å². The number of hydrogen-bond acceptors (Lipinski definition) is 4. The van der Waals surface area contributed by atoms with Crippen molar-refractivity contribution in [1.82, 2.24) is 0 Å². The molecule has 4 nitrogen and oxygen atoms in total. The van der Waals surface area contributed by atoms with Crippen molar-refractivity contribution in [3.05, 3.63) is 0 Å². The molecule has 2 N–H and O–H groups in total. The fourth-order valence-corrected chi connectivity index (χ4v) is 2.26. The van der Waals surface area contributed by atoms with E-state index in [9.17, 15) is 0 Å². The van der Waals surface area contributed by atoms with Gasteiger partial charge < -0.3 is 9.05 Å². The van der Waals surface area contributed by atoms with Crippen molar-refractivity contribution in [3.63, 3.8) is 0 Å². The SMILES string of the molecule is CC(C)C(C)C.CCCCCCCCCCOP(N)OCCC#N. The first-order valence-electron chi connectivity index (χ1n) is 9.63. The molecule has 0 saturated carbocycles. The summed E-state index contributed by atoms with van der Waals surface area (Å²) in [6, 6.07) is 2.00. The molecule has 0 rings (SSSR count). The molecule has 144 valence electrons. The highest BCUT2D eigenvalue weighted by molar-refractivity contribution is 7.44. The Bertz CT molecular complexity index is 275. The first-order valence-corrected chi connectivity index (χ1v) is 10.9. The summed E-state index contributed by atoms with van der Waals surface area (Å²) in [6.45, 7) is 12.2. The fourth-order valence-electron chi connectivity index (χ4n) is 1.61. The molecule has 1 atom stereocenters. The van der Waals surface area contributed by atoms with Crippen molar-refractivity contribution in [1.29, 1.82) is 5.26 Å². The molecule has 0 aromatic rings. The van der Waals surface area contributed by atoms with Gasteiger partial charge >= 0.3 is 0 Å². The zero-order valence-electron chi connectivity index (χ0n) is 16.7. The minimum Gasteiger partial charge on any atom is -0.322 e. The van der Waals surface area contributed by atoms with Crippen LogP contribution in [0.1, 0.15) is 92.4 Å². The van der Waals surface area contributed by atoms with E-state index < -0.39 is 8.53 Å². The smallest absolute Gasteiger partial charge is 0.252 e. The van der Waals surface area contributed by atoms with Gasteiger partial charge in [-0.2, -0.15) is 5.26 Å². The molecule has 5 heteroatoms. The molecule has 0 aliphatic carbocycles.